The summed E-state index contributed by atoms with van der Waals surface area (Å²) in [6.45, 7) is 4.84. The number of hydrogen-bond acceptors (Lipinski definition) is 3. The molecular formula is C19H23FN2OS. The molecule has 128 valence electrons. The molecule has 1 aliphatic rings. The molecule has 24 heavy (non-hydrogen) atoms. The summed E-state index contributed by atoms with van der Waals surface area (Å²) in [4.78, 5) is 18.2. The van der Waals surface area contributed by atoms with Crippen LogP contribution in [0.1, 0.15) is 31.1 Å². The average Bonchev–Trinajstić information content (AvgIpc) is 3.11. The fourth-order valence-corrected chi connectivity index (χ4v) is 4.04. The number of carbonyl (C=O) groups excluding carboxylic acids is 1. The lowest BCUT2D eigenvalue weighted by Crippen LogP contribution is -2.47. The predicted octanol–water partition coefficient (Wildman–Crippen LogP) is 4.29. The van der Waals surface area contributed by atoms with Gasteiger partial charge in [-0.2, -0.15) is 0 Å². The van der Waals surface area contributed by atoms with Crippen molar-refractivity contribution in [1.82, 2.24) is 4.90 Å². The van der Waals surface area contributed by atoms with Crippen molar-refractivity contribution in [1.29, 1.82) is 0 Å². The predicted molar refractivity (Wildman–Crippen MR) is 96.8 cm³/mol. The van der Waals surface area contributed by atoms with E-state index in [1.54, 1.807) is 23.5 Å². The maximum absolute atomic E-state index is 13.2. The summed E-state index contributed by atoms with van der Waals surface area (Å²) in [6.07, 6.45) is 2.37. The van der Waals surface area contributed by atoms with Crippen LogP contribution in [-0.4, -0.2) is 29.9 Å². The van der Waals surface area contributed by atoms with E-state index in [2.05, 4.69) is 22.4 Å². The normalized spacial score (nSPS) is 16.2. The minimum absolute atomic E-state index is 0.110. The summed E-state index contributed by atoms with van der Waals surface area (Å²) < 4.78 is 13.2. The molecule has 0 aliphatic carbocycles. The third-order valence-electron chi connectivity index (χ3n) is 4.56. The number of benzene rings is 1. The molecule has 1 aliphatic heterocycles. The Morgan fingerprint density at radius 1 is 1.25 bits per heavy atom. The van der Waals surface area contributed by atoms with E-state index in [1.165, 1.54) is 17.0 Å². The maximum Gasteiger partial charge on any atom is 0.226 e. The molecule has 0 unspecified atom stereocenters. The summed E-state index contributed by atoms with van der Waals surface area (Å²) in [7, 11) is 0. The highest BCUT2D eigenvalue weighted by Gasteiger charge is 2.28. The maximum atomic E-state index is 13.2. The van der Waals surface area contributed by atoms with Crippen molar-refractivity contribution in [3.63, 3.8) is 0 Å². The lowest BCUT2D eigenvalue weighted by molar-refractivity contribution is -0.119. The highest BCUT2D eigenvalue weighted by molar-refractivity contribution is 7.09. The Morgan fingerprint density at radius 2 is 1.96 bits per heavy atom. The summed E-state index contributed by atoms with van der Waals surface area (Å²) in [5, 5.41) is 2.11. The van der Waals surface area contributed by atoms with E-state index in [0.717, 1.165) is 38.2 Å². The van der Waals surface area contributed by atoms with Crippen LogP contribution in [-0.2, 0) is 11.3 Å². The average molecular weight is 346 g/mol. The van der Waals surface area contributed by atoms with Crippen molar-refractivity contribution in [3.05, 3.63) is 52.5 Å². The van der Waals surface area contributed by atoms with Crippen LogP contribution in [0.25, 0.3) is 0 Å². The van der Waals surface area contributed by atoms with Crippen LogP contribution in [0, 0.1) is 5.82 Å². The number of carbonyl (C=O) groups is 1. The monoisotopic (exact) mass is 346 g/mol. The van der Waals surface area contributed by atoms with E-state index in [9.17, 15) is 9.18 Å². The molecule has 2 aromatic rings. The number of likely N-dealkylation sites (tertiary alicyclic amines) is 1. The topological polar surface area (TPSA) is 23.6 Å². The van der Waals surface area contributed by atoms with E-state index in [1.807, 2.05) is 11.8 Å². The van der Waals surface area contributed by atoms with Gasteiger partial charge in [-0.1, -0.05) is 13.0 Å². The van der Waals surface area contributed by atoms with E-state index in [-0.39, 0.29) is 17.8 Å². The van der Waals surface area contributed by atoms with Crippen molar-refractivity contribution in [2.24, 2.45) is 0 Å². The number of rotatable bonds is 5. The number of piperidine rings is 1. The van der Waals surface area contributed by atoms with Crippen molar-refractivity contribution in [3.8, 4) is 0 Å². The third kappa shape index (κ3) is 4.02. The Bertz CT molecular complexity index is 649. The van der Waals surface area contributed by atoms with Gasteiger partial charge in [0.1, 0.15) is 5.82 Å². The Morgan fingerprint density at radius 3 is 2.54 bits per heavy atom. The number of amides is 1. The number of anilines is 1. The third-order valence-corrected chi connectivity index (χ3v) is 5.42. The summed E-state index contributed by atoms with van der Waals surface area (Å²) in [5.41, 5.74) is 0.806. The minimum atomic E-state index is -0.270. The lowest BCUT2D eigenvalue weighted by atomic mass is 10.0. The van der Waals surface area contributed by atoms with Gasteiger partial charge in [0.25, 0.3) is 0 Å². The highest BCUT2D eigenvalue weighted by atomic mass is 32.1. The van der Waals surface area contributed by atoms with E-state index in [4.69, 9.17) is 0 Å². The first-order valence-electron chi connectivity index (χ1n) is 8.49. The van der Waals surface area contributed by atoms with Crippen LogP contribution >= 0.6 is 11.3 Å². The fourth-order valence-electron chi connectivity index (χ4n) is 3.29. The zero-order valence-electron chi connectivity index (χ0n) is 14.0. The van der Waals surface area contributed by atoms with Crippen LogP contribution in [0.4, 0.5) is 10.1 Å². The molecule has 1 aromatic heterocycles. The smallest absolute Gasteiger partial charge is 0.226 e. The first-order valence-corrected chi connectivity index (χ1v) is 9.37. The standard InChI is InChI=1S/C19H23FN2OS/c1-2-19(23)22(16-7-5-15(20)6-8-16)17-9-11-21(12-10-17)14-18-4-3-13-24-18/h3-8,13,17H,2,9-12,14H2,1H3. The molecule has 1 amide bonds. The quantitative estimate of drug-likeness (QED) is 0.806. The summed E-state index contributed by atoms with van der Waals surface area (Å²) >= 11 is 1.79. The molecule has 1 aromatic carbocycles. The van der Waals surface area contributed by atoms with Crippen molar-refractivity contribution < 1.29 is 9.18 Å². The first-order chi connectivity index (χ1) is 11.7. The van der Waals surface area contributed by atoms with Gasteiger partial charge >= 0.3 is 0 Å². The molecule has 3 nitrogen and oxygen atoms in total. The molecule has 0 saturated carbocycles. The summed E-state index contributed by atoms with van der Waals surface area (Å²) in [5.74, 6) is -0.160. The molecular weight excluding hydrogens is 323 g/mol. The molecule has 1 saturated heterocycles. The van der Waals surface area contributed by atoms with Gasteiger partial charge in [0, 0.05) is 42.7 Å². The minimum Gasteiger partial charge on any atom is -0.309 e. The SMILES string of the molecule is CCC(=O)N(c1ccc(F)cc1)C1CCN(Cc2cccs2)CC1. The molecule has 0 spiro atoms. The van der Waals surface area contributed by atoms with Crippen LogP contribution in [0.3, 0.4) is 0 Å². The number of halogens is 1. The molecule has 1 fully saturated rings. The van der Waals surface area contributed by atoms with Gasteiger partial charge in [0.05, 0.1) is 0 Å². The van der Waals surface area contributed by atoms with E-state index >= 15 is 0 Å². The summed E-state index contributed by atoms with van der Waals surface area (Å²) in [6, 6.07) is 10.7. The number of thiophene rings is 1. The number of hydrogen-bond donors (Lipinski definition) is 0. The molecule has 0 N–H and O–H groups in total. The van der Waals surface area contributed by atoms with Crippen molar-refractivity contribution >= 4 is 22.9 Å². The second-order valence-electron chi connectivity index (χ2n) is 6.18. The van der Waals surface area contributed by atoms with Gasteiger partial charge in [0.2, 0.25) is 5.91 Å². The lowest BCUT2D eigenvalue weighted by Gasteiger charge is -2.38. The second kappa shape index (κ2) is 7.90. The molecule has 0 atom stereocenters. The Balaban J connectivity index is 1.66. The molecule has 3 rings (SSSR count). The van der Waals surface area contributed by atoms with E-state index < -0.39 is 0 Å². The van der Waals surface area contributed by atoms with Crippen molar-refractivity contribution in [2.75, 3.05) is 18.0 Å². The fraction of sp³-hybridized carbons (Fsp3) is 0.421. The first kappa shape index (κ1) is 17.1. The molecule has 2 heterocycles. The van der Waals surface area contributed by atoms with Crippen LogP contribution < -0.4 is 4.90 Å². The van der Waals surface area contributed by atoms with Gasteiger partial charge in [0.15, 0.2) is 0 Å². The van der Waals surface area contributed by atoms with Gasteiger partial charge in [-0.05, 0) is 48.6 Å². The Labute approximate surface area is 146 Å². The zero-order chi connectivity index (χ0) is 16.9. The molecule has 0 radical (unpaired) electrons. The highest BCUT2D eigenvalue weighted by Crippen LogP contribution is 2.26. The van der Waals surface area contributed by atoms with E-state index in [0.29, 0.717) is 6.42 Å². The number of nitrogens with zero attached hydrogens (tertiary/aromatic N) is 2. The zero-order valence-corrected chi connectivity index (χ0v) is 14.8. The van der Waals surface area contributed by atoms with Crippen molar-refractivity contribution in [2.45, 2.75) is 38.8 Å². The largest absolute Gasteiger partial charge is 0.309 e. The van der Waals surface area contributed by atoms with Gasteiger partial charge in [-0.3, -0.25) is 9.69 Å². The van der Waals surface area contributed by atoms with Crippen LogP contribution in [0.5, 0.6) is 0 Å². The van der Waals surface area contributed by atoms with Gasteiger partial charge in [-0.25, -0.2) is 4.39 Å². The molecule has 0 bridgehead atoms. The van der Waals surface area contributed by atoms with Crippen LogP contribution in [0.2, 0.25) is 0 Å². The second-order valence-corrected chi connectivity index (χ2v) is 7.21. The van der Waals surface area contributed by atoms with Gasteiger partial charge < -0.3 is 4.90 Å². The van der Waals surface area contributed by atoms with Gasteiger partial charge in [-0.15, -0.1) is 11.3 Å². The molecule has 5 heteroatoms. The van der Waals surface area contributed by atoms with Crippen LogP contribution in [0.15, 0.2) is 41.8 Å². The Hall–Kier alpha value is -1.72. The Kier molecular flexibility index (Phi) is 5.63.